The first-order valence-corrected chi connectivity index (χ1v) is 2.82. The van der Waals surface area contributed by atoms with Gasteiger partial charge in [-0.1, -0.05) is 0 Å². The standard InChI is InChI=1S/C6H7N3O/c7-6-5(1-2-10)3-8-4-9-6/h2-4H,1H2,(H2,7,8,9). The predicted octanol–water partition coefficient (Wildman–Crippen LogP) is -0.200. The van der Waals surface area contributed by atoms with Gasteiger partial charge in [0, 0.05) is 18.2 Å². The molecule has 0 aromatic carbocycles. The largest absolute Gasteiger partial charge is 0.383 e. The molecule has 1 rings (SSSR count). The summed E-state index contributed by atoms with van der Waals surface area (Å²) in [5.41, 5.74) is 6.07. The van der Waals surface area contributed by atoms with E-state index in [1.54, 1.807) is 0 Å². The van der Waals surface area contributed by atoms with Gasteiger partial charge in [-0.2, -0.15) is 0 Å². The van der Waals surface area contributed by atoms with Crippen LogP contribution in [0.3, 0.4) is 0 Å². The van der Waals surface area contributed by atoms with Gasteiger partial charge >= 0.3 is 0 Å². The number of aldehydes is 1. The van der Waals surface area contributed by atoms with Crippen LogP contribution in [0.2, 0.25) is 0 Å². The Hall–Kier alpha value is -1.45. The summed E-state index contributed by atoms with van der Waals surface area (Å²) in [6, 6.07) is 0. The SMILES string of the molecule is Nc1ncncc1CC=O. The highest BCUT2D eigenvalue weighted by Gasteiger charge is 1.96. The Morgan fingerprint density at radius 2 is 2.50 bits per heavy atom. The van der Waals surface area contributed by atoms with Crippen molar-refractivity contribution in [3.05, 3.63) is 18.1 Å². The number of nitrogens with zero attached hydrogens (tertiary/aromatic N) is 2. The quantitative estimate of drug-likeness (QED) is 0.573. The van der Waals surface area contributed by atoms with E-state index in [1.807, 2.05) is 0 Å². The van der Waals surface area contributed by atoms with Gasteiger partial charge in [-0.25, -0.2) is 9.97 Å². The third-order valence-corrected chi connectivity index (χ3v) is 1.13. The first-order chi connectivity index (χ1) is 4.84. The molecule has 0 saturated carbocycles. The van der Waals surface area contributed by atoms with Crippen molar-refractivity contribution in [2.45, 2.75) is 6.42 Å². The topological polar surface area (TPSA) is 68.9 Å². The van der Waals surface area contributed by atoms with E-state index in [2.05, 4.69) is 9.97 Å². The molecular weight excluding hydrogens is 130 g/mol. The van der Waals surface area contributed by atoms with Crippen LogP contribution in [0.1, 0.15) is 5.56 Å². The van der Waals surface area contributed by atoms with Crippen LogP contribution >= 0.6 is 0 Å². The van der Waals surface area contributed by atoms with Gasteiger partial charge in [0.25, 0.3) is 0 Å². The Morgan fingerprint density at radius 3 is 3.10 bits per heavy atom. The van der Waals surface area contributed by atoms with Gasteiger partial charge < -0.3 is 10.5 Å². The molecule has 0 saturated heterocycles. The molecule has 1 heterocycles. The number of carbonyl (C=O) groups excluding carboxylic acids is 1. The first-order valence-electron chi connectivity index (χ1n) is 2.82. The zero-order chi connectivity index (χ0) is 7.40. The van der Waals surface area contributed by atoms with E-state index in [0.717, 1.165) is 6.29 Å². The van der Waals surface area contributed by atoms with Gasteiger partial charge in [0.05, 0.1) is 0 Å². The van der Waals surface area contributed by atoms with Crippen LogP contribution in [0.25, 0.3) is 0 Å². The second kappa shape index (κ2) is 2.91. The fourth-order valence-corrected chi connectivity index (χ4v) is 0.615. The van der Waals surface area contributed by atoms with Gasteiger partial charge in [0.1, 0.15) is 18.4 Å². The van der Waals surface area contributed by atoms with Crippen molar-refractivity contribution in [2.75, 3.05) is 5.73 Å². The minimum atomic E-state index is 0.284. The summed E-state index contributed by atoms with van der Waals surface area (Å²) in [5.74, 6) is 0.377. The zero-order valence-corrected chi connectivity index (χ0v) is 5.32. The molecule has 52 valence electrons. The van der Waals surface area contributed by atoms with Crippen molar-refractivity contribution in [1.29, 1.82) is 0 Å². The van der Waals surface area contributed by atoms with E-state index in [9.17, 15) is 4.79 Å². The lowest BCUT2D eigenvalue weighted by Gasteiger charge is -1.95. The van der Waals surface area contributed by atoms with Crippen molar-refractivity contribution in [1.82, 2.24) is 9.97 Å². The van der Waals surface area contributed by atoms with E-state index < -0.39 is 0 Å². The van der Waals surface area contributed by atoms with Gasteiger partial charge in [-0.05, 0) is 0 Å². The van der Waals surface area contributed by atoms with E-state index in [1.165, 1.54) is 12.5 Å². The summed E-state index contributed by atoms with van der Waals surface area (Å²) in [4.78, 5) is 17.4. The molecule has 4 nitrogen and oxygen atoms in total. The van der Waals surface area contributed by atoms with Crippen LogP contribution < -0.4 is 5.73 Å². The highest BCUT2D eigenvalue weighted by molar-refractivity contribution is 5.58. The molecule has 0 unspecified atom stereocenters. The molecule has 1 aromatic rings. The Bertz CT molecular complexity index is 236. The minimum absolute atomic E-state index is 0.284. The lowest BCUT2D eigenvalue weighted by Crippen LogP contribution is -1.98. The van der Waals surface area contributed by atoms with E-state index in [4.69, 9.17) is 5.73 Å². The maximum Gasteiger partial charge on any atom is 0.130 e. The monoisotopic (exact) mass is 137 g/mol. The predicted molar refractivity (Wildman–Crippen MR) is 36.2 cm³/mol. The van der Waals surface area contributed by atoms with Crippen molar-refractivity contribution >= 4 is 12.1 Å². The molecule has 0 radical (unpaired) electrons. The molecule has 2 N–H and O–H groups in total. The summed E-state index contributed by atoms with van der Waals surface area (Å²) < 4.78 is 0. The third-order valence-electron chi connectivity index (χ3n) is 1.13. The van der Waals surface area contributed by atoms with Crippen molar-refractivity contribution < 1.29 is 4.79 Å². The normalized spacial score (nSPS) is 9.20. The second-order valence-corrected chi connectivity index (χ2v) is 1.80. The number of nitrogens with two attached hydrogens (primary N) is 1. The first kappa shape index (κ1) is 6.67. The molecule has 0 spiro atoms. The smallest absolute Gasteiger partial charge is 0.130 e. The van der Waals surface area contributed by atoms with Gasteiger partial charge in [0.15, 0.2) is 0 Å². The maximum atomic E-state index is 10.0. The molecule has 0 aliphatic rings. The molecule has 10 heavy (non-hydrogen) atoms. The number of anilines is 1. The summed E-state index contributed by atoms with van der Waals surface area (Å²) in [6.07, 6.45) is 3.95. The molecule has 0 atom stereocenters. The number of aromatic nitrogens is 2. The van der Waals surface area contributed by atoms with Crippen LogP contribution in [-0.2, 0) is 11.2 Å². The Morgan fingerprint density at radius 1 is 1.70 bits per heavy atom. The van der Waals surface area contributed by atoms with Crippen LogP contribution in [0.4, 0.5) is 5.82 Å². The lowest BCUT2D eigenvalue weighted by molar-refractivity contribution is -0.107. The van der Waals surface area contributed by atoms with Crippen LogP contribution in [-0.4, -0.2) is 16.3 Å². The number of carbonyl (C=O) groups is 1. The molecule has 1 aromatic heterocycles. The molecule has 4 heteroatoms. The van der Waals surface area contributed by atoms with E-state index >= 15 is 0 Å². The Balaban J connectivity index is 2.91. The average molecular weight is 137 g/mol. The number of rotatable bonds is 2. The summed E-state index contributed by atoms with van der Waals surface area (Å²) in [6.45, 7) is 0. The highest BCUT2D eigenvalue weighted by atomic mass is 16.1. The van der Waals surface area contributed by atoms with Crippen LogP contribution in [0.5, 0.6) is 0 Å². The molecular formula is C6H7N3O. The number of nitrogen functional groups attached to an aromatic ring is 1. The zero-order valence-electron chi connectivity index (χ0n) is 5.32. The fourth-order valence-electron chi connectivity index (χ4n) is 0.615. The maximum absolute atomic E-state index is 10.0. The molecule has 0 aliphatic heterocycles. The fraction of sp³-hybridized carbons (Fsp3) is 0.167. The number of hydrogen-bond donors (Lipinski definition) is 1. The van der Waals surface area contributed by atoms with Gasteiger partial charge in [0.2, 0.25) is 0 Å². The number of hydrogen-bond acceptors (Lipinski definition) is 4. The van der Waals surface area contributed by atoms with Crippen molar-refractivity contribution in [3.63, 3.8) is 0 Å². The third kappa shape index (κ3) is 1.28. The summed E-state index contributed by atoms with van der Waals surface area (Å²) in [5, 5.41) is 0. The molecule has 0 fully saturated rings. The van der Waals surface area contributed by atoms with E-state index in [0.29, 0.717) is 11.4 Å². The van der Waals surface area contributed by atoms with Gasteiger partial charge in [-0.15, -0.1) is 0 Å². The minimum Gasteiger partial charge on any atom is -0.383 e. The Labute approximate surface area is 58.1 Å². The van der Waals surface area contributed by atoms with E-state index in [-0.39, 0.29) is 6.42 Å². The average Bonchev–Trinajstić information content (AvgIpc) is 1.94. The van der Waals surface area contributed by atoms with Gasteiger partial charge in [-0.3, -0.25) is 0 Å². The van der Waals surface area contributed by atoms with Crippen molar-refractivity contribution in [3.8, 4) is 0 Å². The van der Waals surface area contributed by atoms with Crippen molar-refractivity contribution in [2.24, 2.45) is 0 Å². The molecule has 0 amide bonds. The second-order valence-electron chi connectivity index (χ2n) is 1.80. The lowest BCUT2D eigenvalue weighted by atomic mass is 10.2. The van der Waals surface area contributed by atoms with Crippen LogP contribution in [0.15, 0.2) is 12.5 Å². The summed E-state index contributed by atoms with van der Waals surface area (Å²) in [7, 11) is 0. The summed E-state index contributed by atoms with van der Waals surface area (Å²) >= 11 is 0. The molecule has 0 bridgehead atoms. The Kier molecular flexibility index (Phi) is 1.94. The van der Waals surface area contributed by atoms with Crippen LogP contribution in [0, 0.1) is 0 Å². The molecule has 0 aliphatic carbocycles. The highest BCUT2D eigenvalue weighted by Crippen LogP contribution is 2.03.